The maximum Gasteiger partial charge on any atom is 0.106 e. The molecule has 3 nitrogen and oxygen atoms in total. The van der Waals surface area contributed by atoms with Gasteiger partial charge in [0.25, 0.3) is 0 Å². The zero-order valence-corrected chi connectivity index (χ0v) is 14.5. The number of nitrogens with two attached hydrogens (primary N) is 1. The number of aliphatic hydroxyl groups is 1. The first-order chi connectivity index (χ1) is 11.7. The van der Waals surface area contributed by atoms with Gasteiger partial charge in [0.15, 0.2) is 0 Å². The molecule has 0 bridgehead atoms. The van der Waals surface area contributed by atoms with Crippen LogP contribution < -0.4 is 5.73 Å². The molecule has 0 fully saturated rings. The molecule has 3 rings (SSSR count). The van der Waals surface area contributed by atoms with Gasteiger partial charge >= 0.3 is 0 Å². The first-order valence-corrected chi connectivity index (χ1v) is 8.73. The van der Waals surface area contributed by atoms with Crippen molar-refractivity contribution < 1.29 is 5.11 Å². The minimum Gasteiger partial charge on any atom is -0.392 e. The fraction of sp³-hybridized carbons (Fsp3) is 0.105. The highest BCUT2D eigenvalue weighted by Crippen LogP contribution is 2.41. The number of aliphatic hydroxyl groups excluding tert-OH is 1. The summed E-state index contributed by atoms with van der Waals surface area (Å²) in [5.41, 5.74) is 9.63. The minimum atomic E-state index is -0.0654. The van der Waals surface area contributed by atoms with Crippen LogP contribution in [0.3, 0.4) is 0 Å². The van der Waals surface area contributed by atoms with Crippen LogP contribution in [0, 0.1) is 0 Å². The zero-order valence-electron chi connectivity index (χ0n) is 12.9. The molecule has 0 aliphatic rings. The van der Waals surface area contributed by atoms with Gasteiger partial charge < -0.3 is 10.8 Å². The number of pyridine rings is 1. The maximum absolute atomic E-state index is 9.51. The number of benzene rings is 2. The summed E-state index contributed by atoms with van der Waals surface area (Å²) in [6.07, 6.45) is 1.71. The Bertz CT molecular complexity index is 840. The van der Waals surface area contributed by atoms with E-state index in [1.54, 1.807) is 12.3 Å². The molecule has 0 radical (unpaired) electrons. The van der Waals surface area contributed by atoms with Crippen molar-refractivity contribution in [3.8, 4) is 11.1 Å². The Morgan fingerprint density at radius 2 is 1.79 bits per heavy atom. The number of hydrogen-bond acceptors (Lipinski definition) is 4. The van der Waals surface area contributed by atoms with E-state index < -0.39 is 0 Å². The molecule has 0 atom stereocenters. The lowest BCUT2D eigenvalue weighted by Crippen LogP contribution is -2.00. The number of nitrogens with zero attached hydrogens (tertiary/aromatic N) is 1. The van der Waals surface area contributed by atoms with E-state index in [-0.39, 0.29) is 6.61 Å². The van der Waals surface area contributed by atoms with Gasteiger partial charge in [-0.05, 0) is 17.2 Å². The van der Waals surface area contributed by atoms with Gasteiger partial charge in [0.05, 0.1) is 11.6 Å². The van der Waals surface area contributed by atoms with Crippen molar-refractivity contribution in [2.75, 3.05) is 0 Å². The number of hydrogen-bond donors (Lipinski definition) is 2. The number of halogens is 1. The van der Waals surface area contributed by atoms with Crippen LogP contribution in [0.15, 0.2) is 70.7 Å². The first-order valence-electron chi connectivity index (χ1n) is 7.54. The predicted octanol–water partition coefficient (Wildman–Crippen LogP) is 4.50. The smallest absolute Gasteiger partial charge is 0.106 e. The Balaban J connectivity index is 2.09. The second-order valence-electron chi connectivity index (χ2n) is 5.21. The van der Waals surface area contributed by atoms with E-state index >= 15 is 0 Å². The molecule has 3 N–H and O–H groups in total. The van der Waals surface area contributed by atoms with Gasteiger partial charge in [-0.25, -0.2) is 4.98 Å². The van der Waals surface area contributed by atoms with Gasteiger partial charge in [-0.15, -0.1) is 0 Å². The van der Waals surface area contributed by atoms with Crippen molar-refractivity contribution in [1.29, 1.82) is 0 Å². The number of aromatic nitrogens is 1. The molecule has 0 unspecified atom stereocenters. The standard InChI is InChI=1S/C19H17ClN2OS/c20-17-16(13-5-2-1-3-6-13)9-8-14(11-21)18(17)24-19-15(12-23)7-4-10-22-19/h1-10,23H,11-12,21H2. The third-order valence-corrected chi connectivity index (χ3v) is 5.44. The molecule has 0 aliphatic heterocycles. The normalized spacial score (nSPS) is 10.8. The van der Waals surface area contributed by atoms with E-state index in [0.717, 1.165) is 32.2 Å². The highest BCUT2D eigenvalue weighted by molar-refractivity contribution is 7.99. The van der Waals surface area contributed by atoms with Gasteiger partial charge in [0.1, 0.15) is 5.03 Å². The molecule has 24 heavy (non-hydrogen) atoms. The molecule has 3 aromatic rings. The fourth-order valence-electron chi connectivity index (χ4n) is 2.44. The van der Waals surface area contributed by atoms with Crippen LogP contribution in [0.1, 0.15) is 11.1 Å². The average molecular weight is 357 g/mol. The minimum absolute atomic E-state index is 0.0654. The van der Waals surface area contributed by atoms with Gasteiger partial charge in [0.2, 0.25) is 0 Å². The van der Waals surface area contributed by atoms with E-state index in [1.807, 2.05) is 48.5 Å². The molecule has 0 spiro atoms. The van der Waals surface area contributed by atoms with Crippen molar-refractivity contribution in [3.63, 3.8) is 0 Å². The topological polar surface area (TPSA) is 59.1 Å². The Kier molecular flexibility index (Phi) is 5.53. The molecule has 0 amide bonds. The van der Waals surface area contributed by atoms with Gasteiger partial charge in [-0.2, -0.15) is 0 Å². The zero-order chi connectivity index (χ0) is 16.9. The van der Waals surface area contributed by atoms with Crippen molar-refractivity contribution in [3.05, 3.63) is 76.9 Å². The Morgan fingerprint density at radius 3 is 2.50 bits per heavy atom. The molecular formula is C19H17ClN2OS. The summed E-state index contributed by atoms with van der Waals surface area (Å²) in [4.78, 5) is 5.25. The van der Waals surface area contributed by atoms with Crippen LogP contribution in [0.4, 0.5) is 0 Å². The van der Waals surface area contributed by atoms with E-state index in [4.69, 9.17) is 17.3 Å². The monoisotopic (exact) mass is 356 g/mol. The van der Waals surface area contributed by atoms with Crippen LogP contribution in [-0.2, 0) is 13.2 Å². The van der Waals surface area contributed by atoms with E-state index in [9.17, 15) is 5.11 Å². The highest BCUT2D eigenvalue weighted by atomic mass is 35.5. The van der Waals surface area contributed by atoms with E-state index in [0.29, 0.717) is 11.6 Å². The van der Waals surface area contributed by atoms with Gasteiger partial charge in [0, 0.05) is 28.8 Å². The first kappa shape index (κ1) is 17.0. The Hall–Kier alpha value is -1.85. The Labute approximate surface area is 150 Å². The lowest BCUT2D eigenvalue weighted by Gasteiger charge is -2.14. The second kappa shape index (κ2) is 7.81. The molecule has 0 aliphatic carbocycles. The van der Waals surface area contributed by atoms with E-state index in [1.165, 1.54) is 11.8 Å². The fourth-order valence-corrected chi connectivity index (χ4v) is 3.90. The van der Waals surface area contributed by atoms with E-state index in [2.05, 4.69) is 4.98 Å². The molecule has 5 heteroatoms. The molecule has 2 aromatic carbocycles. The Morgan fingerprint density at radius 1 is 1.00 bits per heavy atom. The molecule has 122 valence electrons. The molecular weight excluding hydrogens is 340 g/mol. The largest absolute Gasteiger partial charge is 0.392 e. The van der Waals surface area contributed by atoms with Crippen LogP contribution in [0.5, 0.6) is 0 Å². The molecule has 0 saturated heterocycles. The van der Waals surface area contributed by atoms with Gasteiger partial charge in [-0.1, -0.05) is 71.9 Å². The highest BCUT2D eigenvalue weighted by Gasteiger charge is 2.15. The summed E-state index contributed by atoms with van der Waals surface area (Å²) in [7, 11) is 0. The third kappa shape index (κ3) is 3.47. The van der Waals surface area contributed by atoms with Crippen LogP contribution in [0.25, 0.3) is 11.1 Å². The lowest BCUT2D eigenvalue weighted by atomic mass is 10.0. The summed E-state index contributed by atoms with van der Waals surface area (Å²) < 4.78 is 0. The summed E-state index contributed by atoms with van der Waals surface area (Å²) in [6.45, 7) is 0.322. The number of rotatable bonds is 5. The van der Waals surface area contributed by atoms with Crippen LogP contribution >= 0.6 is 23.4 Å². The van der Waals surface area contributed by atoms with Crippen LogP contribution in [0.2, 0.25) is 5.02 Å². The molecule has 1 aromatic heterocycles. The lowest BCUT2D eigenvalue weighted by molar-refractivity contribution is 0.278. The summed E-state index contributed by atoms with van der Waals surface area (Å²) >= 11 is 8.15. The molecule has 1 heterocycles. The quantitative estimate of drug-likeness (QED) is 0.706. The SMILES string of the molecule is NCc1ccc(-c2ccccc2)c(Cl)c1Sc1ncccc1CO. The second-order valence-corrected chi connectivity index (χ2v) is 6.59. The summed E-state index contributed by atoms with van der Waals surface area (Å²) in [5, 5.41) is 10.9. The predicted molar refractivity (Wildman–Crippen MR) is 99.1 cm³/mol. The summed E-state index contributed by atoms with van der Waals surface area (Å²) in [6, 6.07) is 17.6. The van der Waals surface area contributed by atoms with Gasteiger partial charge in [-0.3, -0.25) is 0 Å². The van der Waals surface area contributed by atoms with Crippen molar-refractivity contribution in [2.45, 2.75) is 23.1 Å². The molecule has 0 saturated carbocycles. The van der Waals surface area contributed by atoms with Crippen LogP contribution in [-0.4, -0.2) is 10.1 Å². The van der Waals surface area contributed by atoms with Crippen molar-refractivity contribution >= 4 is 23.4 Å². The van der Waals surface area contributed by atoms with Crippen molar-refractivity contribution in [1.82, 2.24) is 4.98 Å². The summed E-state index contributed by atoms with van der Waals surface area (Å²) in [5.74, 6) is 0. The average Bonchev–Trinajstić information content (AvgIpc) is 2.64. The van der Waals surface area contributed by atoms with Crippen molar-refractivity contribution in [2.24, 2.45) is 5.73 Å². The third-order valence-electron chi connectivity index (χ3n) is 3.70. The maximum atomic E-state index is 9.51.